The number of nitrogens with zero attached hydrogens (tertiary/aromatic N) is 1. The highest BCUT2D eigenvalue weighted by atomic mass is 32.2. The summed E-state index contributed by atoms with van der Waals surface area (Å²) in [6, 6.07) is 11.9. The number of hydrogen-bond donors (Lipinski definition) is 1. The summed E-state index contributed by atoms with van der Waals surface area (Å²) in [5.74, 6) is -1.51. The van der Waals surface area contributed by atoms with Gasteiger partial charge in [0.05, 0.1) is 6.54 Å². The molecule has 98 valence electrons. The third-order valence-corrected chi connectivity index (χ3v) is 3.04. The minimum absolute atomic E-state index is 0.264. The highest BCUT2D eigenvalue weighted by molar-refractivity contribution is 7.99. The van der Waals surface area contributed by atoms with E-state index in [-0.39, 0.29) is 5.76 Å². The molecular formula is C13H10F2N2OS. The van der Waals surface area contributed by atoms with Gasteiger partial charge in [-0.05, 0) is 36.4 Å². The number of rotatable bonds is 5. The Morgan fingerprint density at radius 1 is 1.21 bits per heavy atom. The second-order valence-electron chi connectivity index (χ2n) is 3.63. The highest BCUT2D eigenvalue weighted by Crippen LogP contribution is 2.26. The first-order chi connectivity index (χ1) is 9.17. The van der Waals surface area contributed by atoms with Gasteiger partial charge in [-0.1, -0.05) is 11.8 Å². The van der Waals surface area contributed by atoms with Gasteiger partial charge in [0, 0.05) is 10.6 Å². The van der Waals surface area contributed by atoms with Crippen molar-refractivity contribution in [3.05, 3.63) is 47.9 Å². The van der Waals surface area contributed by atoms with Crippen LogP contribution in [0.2, 0.25) is 0 Å². The van der Waals surface area contributed by atoms with Crippen molar-refractivity contribution in [3.8, 4) is 6.07 Å². The molecule has 19 heavy (non-hydrogen) atoms. The number of alkyl halides is 2. The average Bonchev–Trinajstić information content (AvgIpc) is 2.85. The van der Waals surface area contributed by atoms with E-state index in [1.165, 1.54) is 0 Å². The Labute approximate surface area is 113 Å². The molecule has 2 aromatic rings. The summed E-state index contributed by atoms with van der Waals surface area (Å²) >= 11 is 0.512. The molecule has 6 heteroatoms. The number of anilines is 1. The van der Waals surface area contributed by atoms with Gasteiger partial charge in [-0.3, -0.25) is 0 Å². The molecule has 1 aromatic carbocycles. The summed E-state index contributed by atoms with van der Waals surface area (Å²) in [4.78, 5) is 0.519. The van der Waals surface area contributed by atoms with E-state index in [1.807, 2.05) is 6.07 Å². The van der Waals surface area contributed by atoms with Crippen LogP contribution in [0.4, 0.5) is 14.5 Å². The number of thioether (sulfide) groups is 1. The Morgan fingerprint density at radius 3 is 2.53 bits per heavy atom. The van der Waals surface area contributed by atoms with Crippen LogP contribution in [0.3, 0.4) is 0 Å². The molecule has 0 saturated heterocycles. The zero-order valence-corrected chi connectivity index (χ0v) is 10.6. The van der Waals surface area contributed by atoms with E-state index in [2.05, 4.69) is 5.32 Å². The van der Waals surface area contributed by atoms with Crippen molar-refractivity contribution in [1.29, 1.82) is 5.26 Å². The van der Waals surface area contributed by atoms with E-state index in [0.29, 0.717) is 29.0 Å². The molecule has 0 fully saturated rings. The first-order valence-corrected chi connectivity index (χ1v) is 6.33. The predicted octanol–water partition coefficient (Wildman–Crippen LogP) is 4.08. The zero-order chi connectivity index (χ0) is 13.7. The minimum Gasteiger partial charge on any atom is -0.449 e. The summed E-state index contributed by atoms with van der Waals surface area (Å²) in [5, 5.41) is 11.7. The van der Waals surface area contributed by atoms with E-state index in [4.69, 9.17) is 9.68 Å². The molecule has 2 rings (SSSR count). The summed E-state index contributed by atoms with van der Waals surface area (Å²) in [6.07, 6.45) is 0. The third kappa shape index (κ3) is 4.00. The lowest BCUT2D eigenvalue weighted by atomic mass is 10.3. The van der Waals surface area contributed by atoms with Gasteiger partial charge < -0.3 is 9.73 Å². The van der Waals surface area contributed by atoms with Crippen molar-refractivity contribution in [3.63, 3.8) is 0 Å². The molecule has 0 spiro atoms. The molecule has 0 unspecified atom stereocenters. The Morgan fingerprint density at radius 2 is 1.95 bits per heavy atom. The molecule has 0 bridgehead atoms. The van der Waals surface area contributed by atoms with Crippen LogP contribution in [0.25, 0.3) is 0 Å². The largest absolute Gasteiger partial charge is 0.449 e. The van der Waals surface area contributed by atoms with Crippen LogP contribution in [-0.4, -0.2) is 5.76 Å². The van der Waals surface area contributed by atoms with Gasteiger partial charge in [0.2, 0.25) is 5.76 Å². The lowest BCUT2D eigenvalue weighted by Crippen LogP contribution is -1.97. The fourth-order valence-corrected chi connectivity index (χ4v) is 1.98. The molecule has 0 aliphatic carbocycles. The first-order valence-electron chi connectivity index (χ1n) is 5.45. The van der Waals surface area contributed by atoms with Crippen LogP contribution in [0.1, 0.15) is 11.5 Å². The molecule has 1 heterocycles. The van der Waals surface area contributed by atoms with Crippen molar-refractivity contribution in [2.24, 2.45) is 0 Å². The summed E-state index contributed by atoms with van der Waals surface area (Å²) in [5.41, 5.74) is 0.800. The normalized spacial score (nSPS) is 10.4. The van der Waals surface area contributed by atoms with E-state index < -0.39 is 5.76 Å². The van der Waals surface area contributed by atoms with E-state index in [0.717, 1.165) is 5.69 Å². The van der Waals surface area contributed by atoms with Crippen LogP contribution in [0, 0.1) is 11.3 Å². The van der Waals surface area contributed by atoms with Gasteiger partial charge in [0.1, 0.15) is 11.8 Å². The lowest BCUT2D eigenvalue weighted by molar-refractivity contribution is 0.252. The first kappa shape index (κ1) is 13.4. The number of furan rings is 1. The molecule has 0 saturated carbocycles. The molecular weight excluding hydrogens is 270 g/mol. The molecule has 0 radical (unpaired) electrons. The predicted molar refractivity (Wildman–Crippen MR) is 69.1 cm³/mol. The number of halogens is 2. The maximum Gasteiger partial charge on any atom is 0.288 e. The SMILES string of the molecule is N#Cc1ccc(CNc2ccc(SC(F)F)cc2)o1. The molecule has 3 nitrogen and oxygen atoms in total. The molecule has 0 amide bonds. The maximum absolute atomic E-state index is 12.1. The average molecular weight is 280 g/mol. The van der Waals surface area contributed by atoms with Crippen molar-refractivity contribution < 1.29 is 13.2 Å². The molecule has 1 aromatic heterocycles. The van der Waals surface area contributed by atoms with Gasteiger partial charge in [0.25, 0.3) is 5.76 Å². The van der Waals surface area contributed by atoms with Crippen molar-refractivity contribution in [1.82, 2.24) is 0 Å². The summed E-state index contributed by atoms with van der Waals surface area (Å²) < 4.78 is 29.5. The molecule has 1 N–H and O–H groups in total. The topological polar surface area (TPSA) is 49.0 Å². The fraction of sp³-hybridized carbons (Fsp3) is 0.154. The Balaban J connectivity index is 1.91. The number of benzene rings is 1. The fourth-order valence-electron chi connectivity index (χ4n) is 1.48. The van der Waals surface area contributed by atoms with Crippen molar-refractivity contribution >= 4 is 17.4 Å². The van der Waals surface area contributed by atoms with Crippen molar-refractivity contribution in [2.75, 3.05) is 5.32 Å². The zero-order valence-electron chi connectivity index (χ0n) is 9.77. The van der Waals surface area contributed by atoms with E-state index in [9.17, 15) is 8.78 Å². The van der Waals surface area contributed by atoms with Crippen molar-refractivity contribution in [2.45, 2.75) is 17.2 Å². The summed E-state index contributed by atoms with van der Waals surface area (Å²) in [7, 11) is 0. The van der Waals surface area contributed by atoms with Gasteiger partial charge in [-0.2, -0.15) is 14.0 Å². The smallest absolute Gasteiger partial charge is 0.288 e. The highest BCUT2D eigenvalue weighted by Gasteiger charge is 2.05. The number of nitriles is 1. The Kier molecular flexibility index (Phi) is 4.42. The van der Waals surface area contributed by atoms with Crippen LogP contribution >= 0.6 is 11.8 Å². The second kappa shape index (κ2) is 6.25. The lowest BCUT2D eigenvalue weighted by Gasteiger charge is -2.05. The second-order valence-corrected chi connectivity index (χ2v) is 4.70. The maximum atomic E-state index is 12.1. The van der Waals surface area contributed by atoms with E-state index >= 15 is 0 Å². The third-order valence-electron chi connectivity index (χ3n) is 2.32. The number of nitrogens with one attached hydrogen (secondary N) is 1. The number of hydrogen-bond acceptors (Lipinski definition) is 4. The van der Waals surface area contributed by atoms with Gasteiger partial charge in [0.15, 0.2) is 0 Å². The van der Waals surface area contributed by atoms with Crippen LogP contribution in [0.15, 0.2) is 45.7 Å². The van der Waals surface area contributed by atoms with Gasteiger partial charge >= 0.3 is 0 Å². The monoisotopic (exact) mass is 280 g/mol. The quantitative estimate of drug-likeness (QED) is 0.838. The van der Waals surface area contributed by atoms with Crippen LogP contribution in [0.5, 0.6) is 0 Å². The standard InChI is InChI=1S/C13H10F2N2OS/c14-13(15)19-12-5-1-9(2-6-12)17-8-11-4-3-10(7-16)18-11/h1-6,13,17H,8H2. The molecule has 0 aliphatic rings. The minimum atomic E-state index is -2.41. The van der Waals surface area contributed by atoms with E-state index in [1.54, 1.807) is 36.4 Å². The van der Waals surface area contributed by atoms with Gasteiger partial charge in [-0.15, -0.1) is 0 Å². The Hall–Kier alpha value is -2.00. The Bertz CT molecular complexity index is 575. The molecule has 0 atom stereocenters. The summed E-state index contributed by atoms with van der Waals surface area (Å²) in [6.45, 7) is 0.434. The van der Waals surface area contributed by atoms with Crippen LogP contribution in [-0.2, 0) is 6.54 Å². The van der Waals surface area contributed by atoms with Crippen LogP contribution < -0.4 is 5.32 Å². The van der Waals surface area contributed by atoms with Gasteiger partial charge in [-0.25, -0.2) is 0 Å². The molecule has 0 aliphatic heterocycles.